The first-order valence-corrected chi connectivity index (χ1v) is 4.69. The Morgan fingerprint density at radius 3 is 2.73 bits per heavy atom. The van der Waals surface area contributed by atoms with E-state index in [4.69, 9.17) is 4.74 Å². The van der Waals surface area contributed by atoms with Crippen LogP contribution >= 0.6 is 0 Å². The fraction of sp³-hybridized carbons (Fsp3) is 0.667. The molecule has 0 spiro atoms. The topological polar surface area (TPSA) is 77.2 Å². The Balaban J connectivity index is 3.05. The minimum atomic E-state index is -0.547. The van der Waals surface area contributed by atoms with E-state index in [0.29, 0.717) is 18.5 Å². The van der Waals surface area contributed by atoms with Crippen LogP contribution in [0.25, 0.3) is 0 Å². The minimum Gasteiger partial charge on any atom is -0.391 e. The molecule has 0 saturated carbocycles. The number of rotatable bonds is 5. The number of methoxy groups -OCH3 is 1. The van der Waals surface area contributed by atoms with Crippen molar-refractivity contribution < 1.29 is 14.6 Å². The molecule has 0 aliphatic carbocycles. The van der Waals surface area contributed by atoms with Gasteiger partial charge in [-0.25, -0.2) is 4.68 Å². The molecule has 2 atom stereocenters. The van der Waals surface area contributed by atoms with Gasteiger partial charge in [0.15, 0.2) is 12.0 Å². The third-order valence-corrected chi connectivity index (χ3v) is 2.09. The fourth-order valence-electron chi connectivity index (χ4n) is 1.33. The lowest BCUT2D eigenvalue weighted by atomic mass is 10.2. The minimum absolute atomic E-state index is 0.255. The number of ether oxygens (including phenoxy) is 1. The maximum Gasteiger partial charge on any atom is 0.172 e. The van der Waals surface area contributed by atoms with Gasteiger partial charge in [-0.05, 0) is 13.8 Å². The maximum absolute atomic E-state index is 10.7. The Morgan fingerprint density at radius 1 is 1.60 bits per heavy atom. The highest BCUT2D eigenvalue weighted by Crippen LogP contribution is 2.17. The number of hydrogen-bond acceptors (Lipinski definition) is 5. The van der Waals surface area contributed by atoms with Gasteiger partial charge < -0.3 is 9.84 Å². The number of hydrogen-bond donors (Lipinski definition) is 1. The van der Waals surface area contributed by atoms with Crippen molar-refractivity contribution in [2.45, 2.75) is 32.6 Å². The van der Waals surface area contributed by atoms with E-state index in [-0.39, 0.29) is 11.8 Å². The summed E-state index contributed by atoms with van der Waals surface area (Å²) in [6, 6.07) is 0. The Hall–Kier alpha value is -1.27. The standard InChI is InChI=1S/C9H15N3O3/c1-6(14)4-12-9(7(2)15-3)8(5-13)10-11-12/h5-7,14H,4H2,1-3H3. The molecule has 0 aliphatic heterocycles. The summed E-state index contributed by atoms with van der Waals surface area (Å²) in [6.45, 7) is 3.73. The van der Waals surface area contributed by atoms with Gasteiger partial charge in [0.2, 0.25) is 0 Å². The van der Waals surface area contributed by atoms with Gasteiger partial charge in [0.05, 0.1) is 24.4 Å². The number of aromatic nitrogens is 3. The molecule has 0 saturated heterocycles. The number of aliphatic hydroxyl groups is 1. The molecule has 2 unspecified atom stereocenters. The van der Waals surface area contributed by atoms with Gasteiger partial charge in [-0.3, -0.25) is 4.79 Å². The van der Waals surface area contributed by atoms with E-state index in [1.807, 2.05) is 0 Å². The molecule has 1 heterocycles. The van der Waals surface area contributed by atoms with Crippen molar-refractivity contribution in [3.63, 3.8) is 0 Å². The van der Waals surface area contributed by atoms with Crippen LogP contribution in [0.1, 0.15) is 36.1 Å². The van der Waals surface area contributed by atoms with Gasteiger partial charge in [-0.1, -0.05) is 5.21 Å². The van der Waals surface area contributed by atoms with Crippen molar-refractivity contribution in [2.24, 2.45) is 0 Å². The van der Waals surface area contributed by atoms with Crippen LogP contribution in [-0.2, 0) is 11.3 Å². The molecule has 84 valence electrons. The Kier molecular flexibility index (Phi) is 3.93. The Bertz CT molecular complexity index is 335. The SMILES string of the molecule is COC(C)c1c(C=O)nnn1CC(C)O. The maximum atomic E-state index is 10.7. The predicted octanol–water partition coefficient (Wildman–Crippen LogP) is 0.179. The molecule has 0 bridgehead atoms. The van der Waals surface area contributed by atoms with E-state index in [2.05, 4.69) is 10.3 Å². The molecule has 1 rings (SSSR count). The largest absolute Gasteiger partial charge is 0.391 e. The zero-order chi connectivity index (χ0) is 11.4. The summed E-state index contributed by atoms with van der Waals surface area (Å²) >= 11 is 0. The summed E-state index contributed by atoms with van der Waals surface area (Å²) < 4.78 is 6.61. The molecule has 0 aromatic carbocycles. The monoisotopic (exact) mass is 213 g/mol. The summed E-state index contributed by atoms with van der Waals surface area (Å²) in [7, 11) is 1.54. The highest BCUT2D eigenvalue weighted by molar-refractivity contribution is 5.73. The van der Waals surface area contributed by atoms with E-state index in [9.17, 15) is 9.90 Å². The van der Waals surface area contributed by atoms with E-state index in [1.165, 1.54) is 4.68 Å². The number of aliphatic hydroxyl groups excluding tert-OH is 1. The van der Waals surface area contributed by atoms with E-state index >= 15 is 0 Å². The van der Waals surface area contributed by atoms with Crippen LogP contribution in [0.2, 0.25) is 0 Å². The molecule has 6 heteroatoms. The van der Waals surface area contributed by atoms with Crippen LogP contribution in [0.3, 0.4) is 0 Å². The van der Waals surface area contributed by atoms with E-state index in [1.54, 1.807) is 21.0 Å². The molecule has 1 N–H and O–H groups in total. The summed E-state index contributed by atoms with van der Waals surface area (Å²) in [6.07, 6.45) is -0.191. The molecular formula is C9H15N3O3. The number of nitrogens with zero attached hydrogens (tertiary/aromatic N) is 3. The zero-order valence-electron chi connectivity index (χ0n) is 9.04. The lowest BCUT2D eigenvalue weighted by Gasteiger charge is -2.13. The van der Waals surface area contributed by atoms with Crippen molar-refractivity contribution in [1.29, 1.82) is 0 Å². The first-order valence-electron chi connectivity index (χ1n) is 4.69. The van der Waals surface area contributed by atoms with Crippen LogP contribution in [0.15, 0.2) is 0 Å². The summed E-state index contributed by atoms with van der Waals surface area (Å²) in [5.74, 6) is 0. The lowest BCUT2D eigenvalue weighted by molar-refractivity contribution is 0.101. The van der Waals surface area contributed by atoms with Crippen LogP contribution in [-0.4, -0.2) is 39.6 Å². The summed E-state index contributed by atoms with van der Waals surface area (Å²) in [5, 5.41) is 16.8. The van der Waals surface area contributed by atoms with Crippen LogP contribution in [0.5, 0.6) is 0 Å². The highest BCUT2D eigenvalue weighted by Gasteiger charge is 2.19. The van der Waals surface area contributed by atoms with Crippen molar-refractivity contribution in [3.8, 4) is 0 Å². The molecule has 0 radical (unpaired) electrons. The second-order valence-corrected chi connectivity index (χ2v) is 3.39. The molecule has 15 heavy (non-hydrogen) atoms. The van der Waals surface area contributed by atoms with Crippen LogP contribution in [0, 0.1) is 0 Å². The first-order chi connectivity index (χ1) is 7.10. The molecule has 0 aliphatic rings. The van der Waals surface area contributed by atoms with Gasteiger partial charge in [0, 0.05) is 7.11 Å². The van der Waals surface area contributed by atoms with Crippen LogP contribution in [0.4, 0.5) is 0 Å². The number of aldehydes is 1. The van der Waals surface area contributed by atoms with Gasteiger partial charge in [-0.2, -0.15) is 0 Å². The van der Waals surface area contributed by atoms with Crippen LogP contribution < -0.4 is 0 Å². The lowest BCUT2D eigenvalue weighted by Crippen LogP contribution is -2.17. The molecule has 0 fully saturated rings. The van der Waals surface area contributed by atoms with Gasteiger partial charge in [-0.15, -0.1) is 5.10 Å². The quantitative estimate of drug-likeness (QED) is 0.706. The molecular weight excluding hydrogens is 198 g/mol. The van der Waals surface area contributed by atoms with Gasteiger partial charge in [0.1, 0.15) is 0 Å². The first kappa shape index (κ1) is 11.8. The number of carbonyl (C=O) groups is 1. The summed E-state index contributed by atoms with van der Waals surface area (Å²) in [4.78, 5) is 10.7. The fourth-order valence-corrected chi connectivity index (χ4v) is 1.33. The van der Waals surface area contributed by atoms with E-state index in [0.717, 1.165) is 0 Å². The van der Waals surface area contributed by atoms with Gasteiger partial charge >= 0.3 is 0 Å². The molecule has 6 nitrogen and oxygen atoms in total. The number of carbonyl (C=O) groups excluding carboxylic acids is 1. The smallest absolute Gasteiger partial charge is 0.172 e. The van der Waals surface area contributed by atoms with Crippen molar-refractivity contribution in [1.82, 2.24) is 15.0 Å². The van der Waals surface area contributed by atoms with Crippen molar-refractivity contribution >= 4 is 6.29 Å². The molecule has 0 amide bonds. The Morgan fingerprint density at radius 2 is 2.27 bits per heavy atom. The van der Waals surface area contributed by atoms with Crippen molar-refractivity contribution in [2.75, 3.05) is 7.11 Å². The molecule has 1 aromatic rings. The highest BCUT2D eigenvalue weighted by atomic mass is 16.5. The van der Waals surface area contributed by atoms with Gasteiger partial charge in [0.25, 0.3) is 0 Å². The Labute approximate surface area is 87.9 Å². The molecule has 1 aromatic heterocycles. The second kappa shape index (κ2) is 4.99. The predicted molar refractivity (Wildman–Crippen MR) is 52.5 cm³/mol. The van der Waals surface area contributed by atoms with E-state index < -0.39 is 6.10 Å². The zero-order valence-corrected chi connectivity index (χ0v) is 9.04. The summed E-state index contributed by atoms with van der Waals surface area (Å²) in [5.41, 5.74) is 0.846. The average Bonchev–Trinajstić information content (AvgIpc) is 2.58. The second-order valence-electron chi connectivity index (χ2n) is 3.39. The third kappa shape index (κ3) is 2.60. The third-order valence-electron chi connectivity index (χ3n) is 2.09. The van der Waals surface area contributed by atoms with Crippen molar-refractivity contribution in [3.05, 3.63) is 11.4 Å². The normalized spacial score (nSPS) is 14.9. The average molecular weight is 213 g/mol.